The minimum Gasteiger partial charge on any atom is -0.340 e. The minimum atomic E-state index is -4.63. The highest BCUT2D eigenvalue weighted by Crippen LogP contribution is 2.35. The first-order valence-corrected chi connectivity index (χ1v) is 9.32. The number of benzene rings is 2. The smallest absolute Gasteiger partial charge is 0.340 e. The molecule has 0 saturated heterocycles. The van der Waals surface area contributed by atoms with Crippen LogP contribution in [-0.4, -0.2) is 9.97 Å². The molecule has 0 bridgehead atoms. The van der Waals surface area contributed by atoms with Crippen LogP contribution in [0.2, 0.25) is 0 Å². The molecule has 8 heteroatoms. The molecule has 0 spiro atoms. The molecular weight excluding hydrogens is 391 g/mol. The van der Waals surface area contributed by atoms with E-state index in [1.807, 2.05) is 30.3 Å². The summed E-state index contributed by atoms with van der Waals surface area (Å²) in [6.45, 7) is 4.26. The van der Waals surface area contributed by atoms with Gasteiger partial charge < -0.3 is 10.6 Å². The van der Waals surface area contributed by atoms with Crippen LogP contribution in [0.4, 0.5) is 36.3 Å². The van der Waals surface area contributed by atoms with Crippen LogP contribution in [0.3, 0.4) is 0 Å². The topological polar surface area (TPSA) is 73.6 Å². The second-order valence-corrected chi connectivity index (χ2v) is 7.19. The van der Waals surface area contributed by atoms with Gasteiger partial charge in [-0.15, -0.1) is 0 Å². The van der Waals surface area contributed by atoms with Crippen molar-refractivity contribution in [3.8, 4) is 6.07 Å². The summed E-state index contributed by atoms with van der Waals surface area (Å²) >= 11 is 0. The van der Waals surface area contributed by atoms with Crippen LogP contribution >= 0.6 is 0 Å². The van der Waals surface area contributed by atoms with Gasteiger partial charge in [-0.3, -0.25) is 0 Å². The molecule has 0 amide bonds. The third kappa shape index (κ3) is 5.47. The number of hydrogen-bond acceptors (Lipinski definition) is 5. The van der Waals surface area contributed by atoms with Crippen LogP contribution in [0.5, 0.6) is 0 Å². The number of anilines is 4. The fraction of sp³-hybridized carbons (Fsp3) is 0.227. The van der Waals surface area contributed by atoms with Crippen LogP contribution in [0.15, 0.2) is 54.7 Å². The van der Waals surface area contributed by atoms with Crippen LogP contribution in [0.1, 0.15) is 30.5 Å². The summed E-state index contributed by atoms with van der Waals surface area (Å²) in [5, 5.41) is 14.6. The lowest BCUT2D eigenvalue weighted by Gasteiger charge is -2.15. The monoisotopic (exact) mass is 411 g/mol. The Morgan fingerprint density at radius 1 is 1.03 bits per heavy atom. The molecule has 2 aromatic carbocycles. The van der Waals surface area contributed by atoms with E-state index >= 15 is 0 Å². The van der Waals surface area contributed by atoms with Gasteiger partial charge in [0.25, 0.3) is 0 Å². The number of alkyl halides is 3. The maximum absolute atomic E-state index is 13.4. The van der Waals surface area contributed by atoms with Gasteiger partial charge in [0.1, 0.15) is 11.4 Å². The highest BCUT2D eigenvalue weighted by molar-refractivity contribution is 5.64. The summed E-state index contributed by atoms with van der Waals surface area (Å²) in [5.74, 6) is 0.153. The molecule has 0 aliphatic heterocycles. The first kappa shape index (κ1) is 21.1. The number of nitriles is 1. The van der Waals surface area contributed by atoms with Crippen LogP contribution in [0.25, 0.3) is 0 Å². The molecule has 0 radical (unpaired) electrons. The third-order valence-corrected chi connectivity index (χ3v) is 4.20. The van der Waals surface area contributed by atoms with Gasteiger partial charge in [0.2, 0.25) is 5.95 Å². The number of halogens is 3. The zero-order chi connectivity index (χ0) is 21.7. The van der Waals surface area contributed by atoms with Gasteiger partial charge in [-0.05, 0) is 48.2 Å². The van der Waals surface area contributed by atoms with Crippen LogP contribution in [-0.2, 0) is 12.6 Å². The lowest BCUT2D eigenvalue weighted by Crippen LogP contribution is -2.12. The van der Waals surface area contributed by atoms with Gasteiger partial charge in [0.15, 0.2) is 0 Å². The van der Waals surface area contributed by atoms with E-state index in [-0.39, 0.29) is 5.95 Å². The maximum Gasteiger partial charge on any atom is 0.421 e. The number of nitrogens with one attached hydrogen (secondary N) is 2. The third-order valence-electron chi connectivity index (χ3n) is 4.20. The summed E-state index contributed by atoms with van der Waals surface area (Å²) in [5.41, 5.74) is 1.48. The molecule has 154 valence electrons. The maximum atomic E-state index is 13.4. The van der Waals surface area contributed by atoms with Crippen LogP contribution in [0, 0.1) is 17.2 Å². The predicted molar refractivity (Wildman–Crippen MR) is 110 cm³/mol. The van der Waals surface area contributed by atoms with Crippen molar-refractivity contribution in [2.45, 2.75) is 26.4 Å². The Bertz CT molecular complexity index is 1050. The van der Waals surface area contributed by atoms with Crippen molar-refractivity contribution in [1.29, 1.82) is 5.26 Å². The molecule has 1 heterocycles. The van der Waals surface area contributed by atoms with Gasteiger partial charge in [0, 0.05) is 17.6 Å². The zero-order valence-corrected chi connectivity index (χ0v) is 16.5. The Hall–Kier alpha value is -3.60. The zero-order valence-electron chi connectivity index (χ0n) is 16.5. The van der Waals surface area contributed by atoms with Crippen molar-refractivity contribution in [3.05, 3.63) is 71.4 Å². The lowest BCUT2D eigenvalue weighted by molar-refractivity contribution is -0.137. The molecule has 0 atom stereocenters. The van der Waals surface area contributed by atoms with Crippen molar-refractivity contribution >= 4 is 23.1 Å². The SMILES string of the molecule is CC(C)Cc1ccc(Nc2ncc(C(F)(F)F)c(Nc3cccc(C#N)c3)n2)cc1. The second-order valence-electron chi connectivity index (χ2n) is 7.19. The van der Waals surface area contributed by atoms with E-state index < -0.39 is 17.6 Å². The van der Waals surface area contributed by atoms with E-state index in [2.05, 4.69) is 34.4 Å². The first-order valence-electron chi connectivity index (χ1n) is 9.32. The van der Waals surface area contributed by atoms with Crippen molar-refractivity contribution in [2.75, 3.05) is 10.6 Å². The van der Waals surface area contributed by atoms with E-state index in [9.17, 15) is 13.2 Å². The quantitative estimate of drug-likeness (QED) is 0.516. The van der Waals surface area contributed by atoms with Crippen LogP contribution < -0.4 is 10.6 Å². The first-order chi connectivity index (χ1) is 14.2. The molecule has 2 N–H and O–H groups in total. The van der Waals surface area contributed by atoms with E-state index in [0.29, 0.717) is 22.9 Å². The summed E-state index contributed by atoms with van der Waals surface area (Å²) in [4.78, 5) is 7.83. The van der Waals surface area contributed by atoms with Crippen molar-refractivity contribution in [3.63, 3.8) is 0 Å². The van der Waals surface area contributed by atoms with E-state index in [1.165, 1.54) is 11.6 Å². The Morgan fingerprint density at radius 3 is 2.40 bits per heavy atom. The molecule has 0 saturated carbocycles. The molecule has 30 heavy (non-hydrogen) atoms. The summed E-state index contributed by atoms with van der Waals surface area (Å²) in [6, 6.07) is 15.7. The fourth-order valence-corrected chi connectivity index (χ4v) is 2.87. The average Bonchev–Trinajstić information content (AvgIpc) is 2.68. The Labute approximate surface area is 172 Å². The fourth-order valence-electron chi connectivity index (χ4n) is 2.87. The van der Waals surface area contributed by atoms with Gasteiger partial charge in [-0.1, -0.05) is 32.0 Å². The highest BCUT2D eigenvalue weighted by atomic mass is 19.4. The lowest BCUT2D eigenvalue weighted by atomic mass is 10.0. The Kier molecular flexibility index (Phi) is 6.21. The van der Waals surface area contributed by atoms with Gasteiger partial charge in [-0.25, -0.2) is 4.98 Å². The minimum absolute atomic E-state index is 0.0264. The summed E-state index contributed by atoms with van der Waals surface area (Å²) < 4.78 is 40.2. The van der Waals surface area contributed by atoms with Gasteiger partial charge in [0.05, 0.1) is 11.6 Å². The van der Waals surface area contributed by atoms with Crippen molar-refractivity contribution in [2.24, 2.45) is 5.92 Å². The molecule has 0 aliphatic rings. The number of nitrogens with zero attached hydrogens (tertiary/aromatic N) is 3. The molecule has 5 nitrogen and oxygen atoms in total. The van der Waals surface area contributed by atoms with E-state index in [1.54, 1.807) is 18.2 Å². The van der Waals surface area contributed by atoms with Gasteiger partial charge in [-0.2, -0.15) is 23.4 Å². The molecule has 0 aliphatic carbocycles. The second kappa shape index (κ2) is 8.82. The molecule has 3 rings (SSSR count). The average molecular weight is 411 g/mol. The normalized spacial score (nSPS) is 11.2. The molecule has 0 fully saturated rings. The number of hydrogen-bond donors (Lipinski definition) is 2. The molecular formula is C22H20F3N5. The predicted octanol–water partition coefficient (Wildman–Crippen LogP) is 6.05. The van der Waals surface area contributed by atoms with E-state index in [4.69, 9.17) is 5.26 Å². The standard InChI is InChI=1S/C22H20F3N5/c1-14(2)10-15-6-8-17(9-7-15)29-21-27-13-19(22(23,24)25)20(30-21)28-18-5-3-4-16(11-18)12-26/h3-9,11,13-14H,10H2,1-2H3,(H2,27,28,29,30). The van der Waals surface area contributed by atoms with E-state index in [0.717, 1.165) is 12.6 Å². The number of aromatic nitrogens is 2. The van der Waals surface area contributed by atoms with Crippen molar-refractivity contribution < 1.29 is 13.2 Å². The highest BCUT2D eigenvalue weighted by Gasteiger charge is 2.35. The Morgan fingerprint density at radius 2 is 1.77 bits per heavy atom. The largest absolute Gasteiger partial charge is 0.421 e. The summed E-state index contributed by atoms with van der Waals surface area (Å²) in [6.07, 6.45) is -2.96. The molecule has 3 aromatic rings. The van der Waals surface area contributed by atoms with Crippen molar-refractivity contribution in [1.82, 2.24) is 9.97 Å². The summed E-state index contributed by atoms with van der Waals surface area (Å²) in [7, 11) is 0. The Balaban J connectivity index is 1.88. The molecule has 0 unspecified atom stereocenters. The molecule has 1 aromatic heterocycles. The van der Waals surface area contributed by atoms with Gasteiger partial charge >= 0.3 is 6.18 Å². The number of rotatable bonds is 6.